The third-order valence-electron chi connectivity index (χ3n) is 8.13. The van der Waals surface area contributed by atoms with Crippen LogP contribution in [0.1, 0.15) is 37.8 Å². The molecule has 38 heavy (non-hydrogen) atoms. The highest BCUT2D eigenvalue weighted by atomic mass is 19.4. The van der Waals surface area contributed by atoms with Crippen molar-refractivity contribution in [1.82, 2.24) is 14.8 Å². The summed E-state index contributed by atoms with van der Waals surface area (Å²) in [6.45, 7) is 7.76. The van der Waals surface area contributed by atoms with Gasteiger partial charge in [-0.2, -0.15) is 18.2 Å². The Hall–Kier alpha value is -3.27. The number of piperazine rings is 1. The van der Waals surface area contributed by atoms with E-state index in [9.17, 15) is 18.0 Å². The maximum Gasteiger partial charge on any atom is 0.416 e. The quantitative estimate of drug-likeness (QED) is 0.443. The van der Waals surface area contributed by atoms with Crippen LogP contribution in [0.2, 0.25) is 0 Å². The van der Waals surface area contributed by atoms with E-state index in [1.807, 2.05) is 24.8 Å². The van der Waals surface area contributed by atoms with Crippen molar-refractivity contribution in [3.05, 3.63) is 59.7 Å². The van der Waals surface area contributed by atoms with Gasteiger partial charge in [-0.1, -0.05) is 30.3 Å². The van der Waals surface area contributed by atoms with Gasteiger partial charge in [0.2, 0.25) is 0 Å². The number of ether oxygens (including phenoxy) is 1. The molecule has 0 bridgehead atoms. The Bertz CT molecular complexity index is 1310. The summed E-state index contributed by atoms with van der Waals surface area (Å²) >= 11 is 0. The van der Waals surface area contributed by atoms with E-state index in [2.05, 4.69) is 34.1 Å². The van der Waals surface area contributed by atoms with Crippen LogP contribution in [0.25, 0.3) is 11.1 Å². The van der Waals surface area contributed by atoms with Crippen LogP contribution in [0.4, 0.5) is 24.0 Å². The Morgan fingerprint density at radius 2 is 1.82 bits per heavy atom. The van der Waals surface area contributed by atoms with Crippen molar-refractivity contribution < 1.29 is 27.1 Å². The fourth-order valence-corrected chi connectivity index (χ4v) is 6.17. The Morgan fingerprint density at radius 3 is 2.53 bits per heavy atom. The van der Waals surface area contributed by atoms with E-state index >= 15 is 0 Å². The zero-order chi connectivity index (χ0) is 26.7. The third kappa shape index (κ3) is 4.70. The van der Waals surface area contributed by atoms with Crippen LogP contribution in [-0.4, -0.2) is 65.2 Å². The van der Waals surface area contributed by atoms with Gasteiger partial charge in [0, 0.05) is 50.2 Å². The molecule has 0 N–H and O–H groups in total. The second-order valence-electron chi connectivity index (χ2n) is 11.2. The number of rotatable bonds is 4. The number of aromatic nitrogens is 1. The molecular weight excluding hydrogens is 497 g/mol. The standard InChI is InChI=1S/C28H31F3N4O3/c1-18-14-35(19(2)13-34(18)25-32-23-9-8-21(28(29,30)31)10-24(23)38-25)26(36)37-22-11-27(12-22)16-33(17-27)15-20-6-4-3-5-7-20/h3-10,18-19,22H,11-17H2,1-2H3/t18-,19+/m0/s1. The van der Waals surface area contributed by atoms with Gasteiger partial charge >= 0.3 is 12.3 Å². The summed E-state index contributed by atoms with van der Waals surface area (Å²) in [6, 6.07) is 13.7. The molecule has 3 heterocycles. The summed E-state index contributed by atoms with van der Waals surface area (Å²) in [5, 5.41) is 0. The third-order valence-corrected chi connectivity index (χ3v) is 8.13. The SMILES string of the molecule is C[C@@H]1CN(c2nc3ccc(C(F)(F)F)cc3o2)[C@@H](C)CN1C(=O)OC1CC2(C1)CN(Cc1ccccc1)C2. The molecule has 7 nitrogen and oxygen atoms in total. The predicted molar refractivity (Wildman–Crippen MR) is 136 cm³/mol. The van der Waals surface area contributed by atoms with Gasteiger partial charge in [0.15, 0.2) is 5.58 Å². The molecule has 3 aliphatic rings. The maximum absolute atomic E-state index is 13.1. The van der Waals surface area contributed by atoms with Crippen molar-refractivity contribution in [2.45, 2.75) is 57.6 Å². The number of halogens is 3. The zero-order valence-electron chi connectivity index (χ0n) is 21.4. The zero-order valence-corrected chi connectivity index (χ0v) is 21.4. The molecule has 1 amide bonds. The van der Waals surface area contributed by atoms with E-state index in [1.54, 1.807) is 4.90 Å². The molecule has 2 saturated heterocycles. The molecule has 1 saturated carbocycles. The molecule has 2 atom stereocenters. The molecule has 202 valence electrons. The number of fused-ring (bicyclic) bond motifs is 1. The van der Waals surface area contributed by atoms with Gasteiger partial charge < -0.3 is 19.0 Å². The summed E-state index contributed by atoms with van der Waals surface area (Å²) < 4.78 is 50.8. The van der Waals surface area contributed by atoms with Crippen molar-refractivity contribution in [3.8, 4) is 0 Å². The number of hydrogen-bond donors (Lipinski definition) is 0. The average Bonchev–Trinajstić information content (AvgIpc) is 3.25. The highest BCUT2D eigenvalue weighted by Crippen LogP contribution is 2.50. The summed E-state index contributed by atoms with van der Waals surface area (Å²) in [5.74, 6) is 0. The van der Waals surface area contributed by atoms with Crippen LogP contribution in [0.15, 0.2) is 52.9 Å². The second-order valence-corrected chi connectivity index (χ2v) is 11.2. The van der Waals surface area contributed by atoms with Crippen molar-refractivity contribution in [2.75, 3.05) is 31.1 Å². The summed E-state index contributed by atoms with van der Waals surface area (Å²) in [5.41, 5.74) is 1.28. The van der Waals surface area contributed by atoms with Gasteiger partial charge in [0.05, 0.1) is 5.56 Å². The van der Waals surface area contributed by atoms with Gasteiger partial charge in [-0.15, -0.1) is 0 Å². The van der Waals surface area contributed by atoms with Crippen LogP contribution in [0.3, 0.4) is 0 Å². The smallest absolute Gasteiger partial charge is 0.416 e. The van der Waals surface area contributed by atoms with Crippen LogP contribution in [-0.2, 0) is 17.5 Å². The van der Waals surface area contributed by atoms with Crippen LogP contribution >= 0.6 is 0 Å². The lowest BCUT2D eigenvalue weighted by Gasteiger charge is -2.58. The van der Waals surface area contributed by atoms with Gasteiger partial charge in [0.25, 0.3) is 6.01 Å². The first-order chi connectivity index (χ1) is 18.1. The lowest BCUT2D eigenvalue weighted by Crippen LogP contribution is -2.64. The first-order valence-corrected chi connectivity index (χ1v) is 13.1. The normalized spacial score (nSPS) is 23.9. The maximum atomic E-state index is 13.1. The minimum Gasteiger partial charge on any atom is -0.446 e. The molecule has 3 aromatic rings. The molecule has 10 heteroatoms. The molecule has 0 unspecified atom stereocenters. The van der Waals surface area contributed by atoms with Crippen molar-refractivity contribution in [1.29, 1.82) is 0 Å². The minimum absolute atomic E-state index is 0.0539. The fraction of sp³-hybridized carbons (Fsp3) is 0.500. The number of oxazole rings is 1. The van der Waals surface area contributed by atoms with E-state index in [4.69, 9.17) is 9.15 Å². The molecule has 1 spiro atoms. The number of benzene rings is 2. The molecule has 6 rings (SSSR count). The highest BCUT2D eigenvalue weighted by Gasteiger charge is 2.54. The highest BCUT2D eigenvalue weighted by molar-refractivity contribution is 5.76. The number of likely N-dealkylation sites (tertiary alicyclic amines) is 1. The van der Waals surface area contributed by atoms with Crippen molar-refractivity contribution in [3.63, 3.8) is 0 Å². The Morgan fingerprint density at radius 1 is 1.08 bits per heavy atom. The first-order valence-electron chi connectivity index (χ1n) is 13.1. The molecule has 2 aliphatic heterocycles. The first kappa shape index (κ1) is 25.0. The molecule has 2 aromatic carbocycles. The summed E-state index contributed by atoms with van der Waals surface area (Å²) in [6.07, 6.45) is -3.01. The van der Waals surface area contributed by atoms with Gasteiger partial charge in [-0.25, -0.2) is 4.79 Å². The van der Waals surface area contributed by atoms with E-state index in [1.165, 1.54) is 11.6 Å². The molecule has 0 radical (unpaired) electrons. The Kier molecular flexibility index (Phi) is 6.05. The van der Waals surface area contributed by atoms with Gasteiger partial charge in [0.1, 0.15) is 11.6 Å². The average molecular weight is 529 g/mol. The monoisotopic (exact) mass is 528 g/mol. The minimum atomic E-state index is -4.45. The lowest BCUT2D eigenvalue weighted by atomic mass is 9.61. The largest absolute Gasteiger partial charge is 0.446 e. The Balaban J connectivity index is 1.01. The van der Waals surface area contributed by atoms with Crippen molar-refractivity contribution in [2.24, 2.45) is 5.41 Å². The molecule has 1 aromatic heterocycles. The van der Waals surface area contributed by atoms with Crippen LogP contribution < -0.4 is 4.90 Å². The van der Waals surface area contributed by atoms with Crippen LogP contribution in [0.5, 0.6) is 0 Å². The number of hydrogen-bond acceptors (Lipinski definition) is 6. The van der Waals surface area contributed by atoms with Gasteiger partial charge in [-0.05, 0) is 50.5 Å². The number of nitrogens with zero attached hydrogens (tertiary/aromatic N) is 4. The summed E-state index contributed by atoms with van der Waals surface area (Å²) in [4.78, 5) is 23.5. The topological polar surface area (TPSA) is 62.1 Å². The number of carbonyl (C=O) groups is 1. The lowest BCUT2D eigenvalue weighted by molar-refractivity contribution is -0.137. The van der Waals surface area contributed by atoms with E-state index in [0.29, 0.717) is 18.6 Å². The number of anilines is 1. The molecule has 3 fully saturated rings. The Labute approximate surface area is 219 Å². The fourth-order valence-electron chi connectivity index (χ4n) is 6.17. The van der Waals surface area contributed by atoms with Gasteiger partial charge in [-0.3, -0.25) is 4.90 Å². The summed E-state index contributed by atoms with van der Waals surface area (Å²) in [7, 11) is 0. The number of carbonyl (C=O) groups excluding carboxylic acids is 1. The van der Waals surface area contributed by atoms with E-state index in [-0.39, 0.29) is 41.3 Å². The molecule has 1 aliphatic carbocycles. The van der Waals surface area contributed by atoms with E-state index in [0.717, 1.165) is 44.6 Å². The van der Waals surface area contributed by atoms with Crippen LogP contribution in [0, 0.1) is 5.41 Å². The van der Waals surface area contributed by atoms with E-state index < -0.39 is 11.7 Å². The number of amides is 1. The van der Waals surface area contributed by atoms with Crippen molar-refractivity contribution >= 4 is 23.2 Å². The molecular formula is C28H31F3N4O3. The number of alkyl halides is 3. The predicted octanol–water partition coefficient (Wildman–Crippen LogP) is 5.55. The second kappa shape index (κ2) is 9.18.